The highest BCUT2D eigenvalue weighted by atomic mass is 32.1. The third kappa shape index (κ3) is 4.89. The van der Waals surface area contributed by atoms with Crippen molar-refractivity contribution in [1.82, 2.24) is 9.80 Å². The van der Waals surface area contributed by atoms with Gasteiger partial charge >= 0.3 is 0 Å². The Hall–Kier alpha value is -2.64. The number of nitrogens with zero attached hydrogens (tertiary/aromatic N) is 2. The molecule has 0 aliphatic carbocycles. The van der Waals surface area contributed by atoms with Gasteiger partial charge in [-0.15, -0.1) is 11.3 Å². The molecule has 1 unspecified atom stereocenters. The number of hydrogen-bond donors (Lipinski definition) is 1. The van der Waals surface area contributed by atoms with E-state index in [1.807, 2.05) is 38.3 Å². The molecule has 1 saturated heterocycles. The van der Waals surface area contributed by atoms with Crippen LogP contribution >= 0.6 is 11.3 Å². The quantitative estimate of drug-likeness (QED) is 0.339. The van der Waals surface area contributed by atoms with Gasteiger partial charge in [-0.05, 0) is 69.1 Å². The second-order valence-electron chi connectivity index (χ2n) is 8.18. The Kier molecular flexibility index (Phi) is 7.74. The maximum atomic E-state index is 13.1. The van der Waals surface area contributed by atoms with Gasteiger partial charge in [0.15, 0.2) is 0 Å². The molecule has 1 aromatic heterocycles. The zero-order valence-corrected chi connectivity index (χ0v) is 20.2. The van der Waals surface area contributed by atoms with E-state index in [9.17, 15) is 14.7 Å². The van der Waals surface area contributed by atoms with Crippen LogP contribution in [0.3, 0.4) is 0 Å². The zero-order chi connectivity index (χ0) is 23.4. The van der Waals surface area contributed by atoms with Crippen molar-refractivity contribution in [1.29, 1.82) is 0 Å². The molecule has 1 aliphatic heterocycles. The number of hydrogen-bond acceptors (Lipinski definition) is 6. The summed E-state index contributed by atoms with van der Waals surface area (Å²) in [5, 5.41) is 13.1. The lowest BCUT2D eigenvalue weighted by Crippen LogP contribution is -2.37. The van der Waals surface area contributed by atoms with Gasteiger partial charge in [0.25, 0.3) is 11.7 Å². The number of aliphatic hydroxyl groups is 1. The fraction of sp³-hybridized carbons (Fsp3) is 0.440. The molecular formula is C25H32N2O4S. The maximum absolute atomic E-state index is 13.1. The van der Waals surface area contributed by atoms with Crippen LogP contribution in [0.25, 0.3) is 5.76 Å². The fourth-order valence-corrected chi connectivity index (χ4v) is 4.83. The van der Waals surface area contributed by atoms with Crippen LogP contribution in [0.1, 0.15) is 49.7 Å². The summed E-state index contributed by atoms with van der Waals surface area (Å²) in [6.45, 7) is 12.8. The molecule has 0 radical (unpaired) electrons. The van der Waals surface area contributed by atoms with Crippen LogP contribution in [0, 0.1) is 6.92 Å². The van der Waals surface area contributed by atoms with E-state index in [1.165, 1.54) is 11.3 Å². The number of likely N-dealkylation sites (N-methyl/N-ethyl adjacent to an activating group) is 1. The van der Waals surface area contributed by atoms with Crippen molar-refractivity contribution in [2.45, 2.75) is 46.8 Å². The molecule has 1 aliphatic rings. The SMILES string of the molecule is CCN(CC)CCN1C(=O)C(=O)/C(=C(\O)c2ccc(OC(C)C)c(C)c2)C1c1cccs1. The van der Waals surface area contributed by atoms with E-state index >= 15 is 0 Å². The number of aliphatic hydroxyl groups excluding tert-OH is 1. The zero-order valence-electron chi connectivity index (χ0n) is 19.4. The van der Waals surface area contributed by atoms with Crippen molar-refractivity contribution in [2.24, 2.45) is 0 Å². The lowest BCUT2D eigenvalue weighted by atomic mass is 9.98. The molecule has 3 rings (SSSR count). The summed E-state index contributed by atoms with van der Waals surface area (Å²) in [4.78, 5) is 30.7. The Morgan fingerprint density at radius 2 is 1.94 bits per heavy atom. The third-order valence-electron chi connectivity index (χ3n) is 5.72. The fourth-order valence-electron chi connectivity index (χ4n) is 3.98. The lowest BCUT2D eigenvalue weighted by molar-refractivity contribution is -0.140. The van der Waals surface area contributed by atoms with Crippen molar-refractivity contribution >= 4 is 28.8 Å². The number of benzene rings is 1. The summed E-state index contributed by atoms with van der Waals surface area (Å²) in [6, 6.07) is 8.53. The molecule has 2 heterocycles. The largest absolute Gasteiger partial charge is 0.507 e. The molecule has 172 valence electrons. The van der Waals surface area contributed by atoms with E-state index in [-0.39, 0.29) is 17.4 Å². The summed E-state index contributed by atoms with van der Waals surface area (Å²) >= 11 is 1.48. The topological polar surface area (TPSA) is 70.1 Å². The molecule has 2 aromatic rings. The number of carbonyl (C=O) groups excluding carboxylic acids is 2. The molecule has 7 heteroatoms. The van der Waals surface area contributed by atoms with Crippen molar-refractivity contribution in [2.75, 3.05) is 26.2 Å². The summed E-state index contributed by atoms with van der Waals surface area (Å²) in [7, 11) is 0. The highest BCUT2D eigenvalue weighted by molar-refractivity contribution is 7.10. The number of aryl methyl sites for hydroxylation is 1. The molecule has 1 aromatic carbocycles. The summed E-state index contributed by atoms with van der Waals surface area (Å²) in [5.74, 6) is -0.619. The molecule has 1 fully saturated rings. The molecule has 32 heavy (non-hydrogen) atoms. The van der Waals surface area contributed by atoms with Crippen LogP contribution in [-0.2, 0) is 9.59 Å². The smallest absolute Gasteiger partial charge is 0.295 e. The van der Waals surface area contributed by atoms with Crippen LogP contribution in [0.2, 0.25) is 0 Å². The second kappa shape index (κ2) is 10.3. The lowest BCUT2D eigenvalue weighted by Gasteiger charge is -2.27. The van der Waals surface area contributed by atoms with Gasteiger partial charge in [-0.3, -0.25) is 9.59 Å². The molecular weight excluding hydrogens is 424 g/mol. The summed E-state index contributed by atoms with van der Waals surface area (Å²) < 4.78 is 5.79. The molecule has 6 nitrogen and oxygen atoms in total. The predicted molar refractivity (Wildman–Crippen MR) is 128 cm³/mol. The number of rotatable bonds is 9. The average molecular weight is 457 g/mol. The molecule has 1 atom stereocenters. The van der Waals surface area contributed by atoms with Gasteiger partial charge in [0.05, 0.1) is 17.7 Å². The van der Waals surface area contributed by atoms with E-state index in [0.717, 1.165) is 29.3 Å². The second-order valence-corrected chi connectivity index (χ2v) is 9.16. The monoisotopic (exact) mass is 456 g/mol. The number of ketones is 1. The number of thiophene rings is 1. The first-order valence-electron chi connectivity index (χ1n) is 11.1. The number of amides is 1. The number of likely N-dealkylation sites (tertiary alicyclic amines) is 1. The van der Waals surface area contributed by atoms with Crippen molar-refractivity contribution < 1.29 is 19.4 Å². The summed E-state index contributed by atoms with van der Waals surface area (Å²) in [6.07, 6.45) is 0.0307. The first kappa shape index (κ1) is 24.0. The van der Waals surface area contributed by atoms with E-state index < -0.39 is 17.7 Å². The molecule has 0 spiro atoms. The van der Waals surface area contributed by atoms with E-state index in [4.69, 9.17) is 4.74 Å². The van der Waals surface area contributed by atoms with Crippen LogP contribution in [0.15, 0.2) is 41.3 Å². The number of ether oxygens (including phenoxy) is 1. The van der Waals surface area contributed by atoms with Gasteiger partial charge in [0.1, 0.15) is 11.5 Å². The molecule has 0 bridgehead atoms. The molecule has 1 amide bonds. The standard InChI is InChI=1S/C25H32N2O4S/c1-6-26(7-2)12-13-27-22(20-9-8-14-32-20)21(24(29)25(27)30)23(28)18-10-11-19(17(5)15-18)31-16(3)4/h8-11,14-16,22,28H,6-7,12-13H2,1-5H3/b23-21-. The van der Waals surface area contributed by atoms with E-state index in [0.29, 0.717) is 18.7 Å². The van der Waals surface area contributed by atoms with Gasteiger partial charge in [-0.1, -0.05) is 19.9 Å². The van der Waals surface area contributed by atoms with Crippen molar-refractivity contribution in [3.8, 4) is 5.75 Å². The van der Waals surface area contributed by atoms with Crippen molar-refractivity contribution in [3.05, 3.63) is 57.3 Å². The first-order valence-corrected chi connectivity index (χ1v) is 12.0. The maximum Gasteiger partial charge on any atom is 0.295 e. The van der Waals surface area contributed by atoms with Crippen molar-refractivity contribution in [3.63, 3.8) is 0 Å². The van der Waals surface area contributed by atoms with Gasteiger partial charge in [0.2, 0.25) is 0 Å². The van der Waals surface area contributed by atoms with Gasteiger partial charge in [0, 0.05) is 23.5 Å². The Morgan fingerprint density at radius 3 is 2.50 bits per heavy atom. The Bertz CT molecular complexity index is 993. The minimum absolute atomic E-state index is 0.0307. The van der Waals surface area contributed by atoms with Crippen LogP contribution in [-0.4, -0.2) is 58.9 Å². The number of carbonyl (C=O) groups is 2. The normalized spacial score (nSPS) is 18.2. The average Bonchev–Trinajstić information content (AvgIpc) is 3.37. The van der Waals surface area contributed by atoms with Crippen LogP contribution in [0.4, 0.5) is 0 Å². The minimum Gasteiger partial charge on any atom is -0.507 e. The molecule has 0 saturated carbocycles. The Balaban J connectivity index is 2.02. The first-order chi connectivity index (χ1) is 15.3. The van der Waals surface area contributed by atoms with Gasteiger partial charge in [-0.25, -0.2) is 0 Å². The Labute approximate surface area is 194 Å². The highest BCUT2D eigenvalue weighted by Crippen LogP contribution is 2.41. The highest BCUT2D eigenvalue weighted by Gasteiger charge is 2.46. The Morgan fingerprint density at radius 1 is 1.22 bits per heavy atom. The van der Waals surface area contributed by atoms with Crippen LogP contribution in [0.5, 0.6) is 5.75 Å². The van der Waals surface area contributed by atoms with Gasteiger partial charge < -0.3 is 19.6 Å². The van der Waals surface area contributed by atoms with Crippen LogP contribution < -0.4 is 4.74 Å². The number of Topliss-reactive ketones (excluding diaryl/α,β-unsaturated/α-hetero) is 1. The van der Waals surface area contributed by atoms with E-state index in [1.54, 1.807) is 23.1 Å². The summed E-state index contributed by atoms with van der Waals surface area (Å²) in [5.41, 5.74) is 1.50. The molecule has 1 N–H and O–H groups in total. The predicted octanol–water partition coefficient (Wildman–Crippen LogP) is 4.61. The minimum atomic E-state index is -0.638. The van der Waals surface area contributed by atoms with Gasteiger partial charge in [-0.2, -0.15) is 0 Å². The van der Waals surface area contributed by atoms with E-state index in [2.05, 4.69) is 18.7 Å². The third-order valence-corrected chi connectivity index (χ3v) is 6.64.